The summed E-state index contributed by atoms with van der Waals surface area (Å²) in [6.07, 6.45) is 0.742. The van der Waals surface area contributed by atoms with Gasteiger partial charge in [-0.2, -0.15) is 5.10 Å². The van der Waals surface area contributed by atoms with E-state index in [9.17, 15) is 4.79 Å². The smallest absolute Gasteiger partial charge is 0.261 e. The molecule has 0 aliphatic carbocycles. The molecule has 4 rings (SSSR count). The van der Waals surface area contributed by atoms with Gasteiger partial charge in [0.15, 0.2) is 0 Å². The molecule has 0 amide bonds. The van der Waals surface area contributed by atoms with Gasteiger partial charge < -0.3 is 0 Å². The SMILES string of the molecule is Cn1c(=O)c2ccc(Br)cc2n2nc(Cc3ccccc3)cc12. The molecule has 5 heteroatoms. The Kier molecular flexibility index (Phi) is 3.31. The summed E-state index contributed by atoms with van der Waals surface area (Å²) in [6, 6.07) is 17.8. The molecule has 4 aromatic rings. The van der Waals surface area contributed by atoms with E-state index in [0.717, 1.165) is 27.8 Å². The van der Waals surface area contributed by atoms with Gasteiger partial charge in [0.25, 0.3) is 5.56 Å². The van der Waals surface area contributed by atoms with E-state index in [1.807, 2.05) is 47.0 Å². The van der Waals surface area contributed by atoms with E-state index >= 15 is 0 Å². The molecular formula is C18H14BrN3O. The number of rotatable bonds is 2. The largest absolute Gasteiger partial charge is 0.296 e. The minimum atomic E-state index is -0.00818. The number of fused-ring (bicyclic) bond motifs is 3. The van der Waals surface area contributed by atoms with Gasteiger partial charge >= 0.3 is 0 Å². The van der Waals surface area contributed by atoms with Crippen molar-refractivity contribution in [3.63, 3.8) is 0 Å². The first kappa shape index (κ1) is 14.2. The first-order chi connectivity index (χ1) is 11.1. The normalized spacial score (nSPS) is 11.4. The molecule has 0 N–H and O–H groups in total. The number of aromatic nitrogens is 3. The maximum atomic E-state index is 12.5. The molecule has 0 spiro atoms. The monoisotopic (exact) mass is 367 g/mol. The highest BCUT2D eigenvalue weighted by atomic mass is 79.9. The zero-order valence-corrected chi connectivity index (χ0v) is 14.1. The van der Waals surface area contributed by atoms with E-state index in [1.165, 1.54) is 5.56 Å². The lowest BCUT2D eigenvalue weighted by Gasteiger charge is -2.06. The van der Waals surface area contributed by atoms with Crippen LogP contribution in [0, 0.1) is 0 Å². The Labute approximate surface area is 141 Å². The summed E-state index contributed by atoms with van der Waals surface area (Å²) in [4.78, 5) is 12.5. The fourth-order valence-electron chi connectivity index (χ4n) is 2.87. The fraction of sp³-hybridized carbons (Fsp3) is 0.111. The highest BCUT2D eigenvalue weighted by Crippen LogP contribution is 2.20. The first-order valence-electron chi connectivity index (χ1n) is 7.34. The van der Waals surface area contributed by atoms with Crippen molar-refractivity contribution >= 4 is 32.5 Å². The number of halogens is 1. The summed E-state index contributed by atoms with van der Waals surface area (Å²) < 4.78 is 4.43. The van der Waals surface area contributed by atoms with Gasteiger partial charge in [-0.25, -0.2) is 4.52 Å². The molecule has 114 valence electrons. The van der Waals surface area contributed by atoms with Gasteiger partial charge in [-0.05, 0) is 23.8 Å². The Morgan fingerprint density at radius 3 is 2.65 bits per heavy atom. The van der Waals surface area contributed by atoms with Crippen molar-refractivity contribution in [2.75, 3.05) is 0 Å². The number of benzene rings is 2. The molecule has 2 aromatic heterocycles. The molecule has 0 saturated heterocycles. The second-order valence-corrected chi connectivity index (χ2v) is 6.51. The molecule has 0 bridgehead atoms. The topological polar surface area (TPSA) is 39.3 Å². The Hall–Kier alpha value is -2.40. The van der Waals surface area contributed by atoms with Gasteiger partial charge in [-0.1, -0.05) is 46.3 Å². The quantitative estimate of drug-likeness (QED) is 0.543. The zero-order chi connectivity index (χ0) is 16.0. The molecule has 2 aromatic carbocycles. The predicted octanol–water partition coefficient (Wildman–Crippen LogP) is 3.54. The van der Waals surface area contributed by atoms with Crippen LogP contribution in [0.5, 0.6) is 0 Å². The van der Waals surface area contributed by atoms with Crippen LogP contribution >= 0.6 is 15.9 Å². The second kappa shape index (κ2) is 5.35. The van der Waals surface area contributed by atoms with Gasteiger partial charge in [-0.15, -0.1) is 0 Å². The molecular weight excluding hydrogens is 354 g/mol. The van der Waals surface area contributed by atoms with E-state index in [-0.39, 0.29) is 5.56 Å². The Balaban J connectivity index is 1.97. The molecule has 0 fully saturated rings. The van der Waals surface area contributed by atoms with Crippen LogP contribution in [0.3, 0.4) is 0 Å². The minimum Gasteiger partial charge on any atom is -0.296 e. The van der Waals surface area contributed by atoms with Crippen molar-refractivity contribution in [1.29, 1.82) is 0 Å². The maximum absolute atomic E-state index is 12.5. The third-order valence-electron chi connectivity index (χ3n) is 4.04. The molecule has 23 heavy (non-hydrogen) atoms. The summed E-state index contributed by atoms with van der Waals surface area (Å²) in [5.74, 6) is 0. The highest BCUT2D eigenvalue weighted by Gasteiger charge is 2.12. The average Bonchev–Trinajstić information content (AvgIpc) is 2.97. The van der Waals surface area contributed by atoms with Crippen LogP contribution < -0.4 is 5.56 Å². The van der Waals surface area contributed by atoms with Crippen LogP contribution in [0.1, 0.15) is 11.3 Å². The van der Waals surface area contributed by atoms with Crippen molar-refractivity contribution in [1.82, 2.24) is 14.2 Å². The lowest BCUT2D eigenvalue weighted by atomic mass is 10.1. The second-order valence-electron chi connectivity index (χ2n) is 5.59. The van der Waals surface area contributed by atoms with Crippen LogP contribution in [0.15, 0.2) is 63.9 Å². The predicted molar refractivity (Wildman–Crippen MR) is 94.9 cm³/mol. The molecule has 0 radical (unpaired) electrons. The average molecular weight is 368 g/mol. The van der Waals surface area contributed by atoms with Gasteiger partial charge in [0.2, 0.25) is 0 Å². The molecule has 0 aliphatic rings. The van der Waals surface area contributed by atoms with Crippen molar-refractivity contribution in [2.24, 2.45) is 7.05 Å². The first-order valence-corrected chi connectivity index (χ1v) is 8.13. The molecule has 0 atom stereocenters. The molecule has 2 heterocycles. The molecule has 0 saturated carbocycles. The molecule has 0 unspecified atom stereocenters. The Bertz CT molecular complexity index is 1080. The van der Waals surface area contributed by atoms with Gasteiger partial charge in [0.05, 0.1) is 16.6 Å². The Morgan fingerprint density at radius 1 is 1.09 bits per heavy atom. The van der Waals surface area contributed by atoms with Gasteiger partial charge in [0.1, 0.15) is 5.65 Å². The molecule has 4 nitrogen and oxygen atoms in total. The lowest BCUT2D eigenvalue weighted by Crippen LogP contribution is -2.19. The highest BCUT2D eigenvalue weighted by molar-refractivity contribution is 9.10. The van der Waals surface area contributed by atoms with Crippen LogP contribution in [0.25, 0.3) is 16.6 Å². The van der Waals surface area contributed by atoms with Crippen molar-refractivity contribution in [3.8, 4) is 0 Å². The van der Waals surface area contributed by atoms with Gasteiger partial charge in [0, 0.05) is 24.0 Å². The summed E-state index contributed by atoms with van der Waals surface area (Å²) in [5.41, 5.74) is 3.75. The van der Waals surface area contributed by atoms with Crippen LogP contribution in [-0.4, -0.2) is 14.2 Å². The molecule has 0 aliphatic heterocycles. The van der Waals surface area contributed by atoms with Crippen molar-refractivity contribution in [3.05, 3.63) is 80.7 Å². The summed E-state index contributed by atoms with van der Waals surface area (Å²) in [6.45, 7) is 0. The third kappa shape index (κ3) is 2.37. The van der Waals surface area contributed by atoms with Crippen molar-refractivity contribution < 1.29 is 0 Å². The number of hydrogen-bond donors (Lipinski definition) is 0. The fourth-order valence-corrected chi connectivity index (χ4v) is 3.22. The van der Waals surface area contributed by atoms with Crippen LogP contribution in [0.2, 0.25) is 0 Å². The number of hydrogen-bond acceptors (Lipinski definition) is 2. The maximum Gasteiger partial charge on any atom is 0.261 e. The summed E-state index contributed by atoms with van der Waals surface area (Å²) in [5, 5.41) is 5.38. The van der Waals surface area contributed by atoms with Crippen LogP contribution in [-0.2, 0) is 13.5 Å². The van der Waals surface area contributed by atoms with E-state index < -0.39 is 0 Å². The lowest BCUT2D eigenvalue weighted by molar-refractivity contribution is 0.841. The van der Waals surface area contributed by atoms with Crippen LogP contribution in [0.4, 0.5) is 0 Å². The summed E-state index contributed by atoms with van der Waals surface area (Å²) >= 11 is 3.47. The summed E-state index contributed by atoms with van der Waals surface area (Å²) in [7, 11) is 1.78. The minimum absolute atomic E-state index is 0.00818. The Morgan fingerprint density at radius 2 is 1.87 bits per heavy atom. The van der Waals surface area contributed by atoms with E-state index in [0.29, 0.717) is 5.39 Å². The number of aryl methyl sites for hydroxylation is 1. The standard InChI is InChI=1S/C18H14BrN3O/c1-21-17-11-14(9-12-5-3-2-4-6-12)20-22(17)16-10-13(19)7-8-15(16)18(21)23/h2-8,10-11H,9H2,1H3. The zero-order valence-electron chi connectivity index (χ0n) is 12.5. The van der Waals surface area contributed by atoms with E-state index in [1.54, 1.807) is 11.6 Å². The van der Waals surface area contributed by atoms with Gasteiger partial charge in [-0.3, -0.25) is 9.36 Å². The van der Waals surface area contributed by atoms with E-state index in [2.05, 4.69) is 28.1 Å². The van der Waals surface area contributed by atoms with Crippen molar-refractivity contribution in [2.45, 2.75) is 6.42 Å². The number of nitrogens with zero attached hydrogens (tertiary/aromatic N) is 3. The van der Waals surface area contributed by atoms with E-state index in [4.69, 9.17) is 5.10 Å². The third-order valence-corrected chi connectivity index (χ3v) is 4.53.